The smallest absolute Gasteiger partial charge is 0.323 e. The largest absolute Gasteiger partial charge is 0.369 e. The molecule has 0 unspecified atom stereocenters. The van der Waals surface area contributed by atoms with E-state index in [0.717, 1.165) is 56.0 Å². The molecule has 0 radical (unpaired) electrons. The topological polar surface area (TPSA) is 47.1 Å². The number of ketones is 1. The van der Waals surface area contributed by atoms with Gasteiger partial charge in [0, 0.05) is 76.7 Å². The highest BCUT2D eigenvalue weighted by Gasteiger charge is 2.26. The van der Waals surface area contributed by atoms with Crippen LogP contribution < -0.4 is 9.80 Å². The molecular formula is C25H32N4O2. The van der Waals surface area contributed by atoms with Crippen LogP contribution in [0.1, 0.15) is 27.9 Å². The third-order valence-electron chi connectivity index (χ3n) is 6.30. The first-order valence-electron chi connectivity index (χ1n) is 11.1. The summed E-state index contributed by atoms with van der Waals surface area (Å²) in [5.74, 6) is 0.182. The molecule has 0 atom stereocenters. The van der Waals surface area contributed by atoms with E-state index in [1.54, 1.807) is 23.9 Å². The fourth-order valence-corrected chi connectivity index (χ4v) is 4.47. The van der Waals surface area contributed by atoms with Gasteiger partial charge in [0.25, 0.3) is 0 Å². The maximum Gasteiger partial charge on any atom is 0.323 e. The van der Waals surface area contributed by atoms with E-state index in [0.29, 0.717) is 13.0 Å². The second-order valence-corrected chi connectivity index (χ2v) is 8.76. The van der Waals surface area contributed by atoms with Gasteiger partial charge in [-0.1, -0.05) is 12.1 Å². The molecule has 1 fully saturated rings. The molecule has 2 aliphatic rings. The molecule has 2 aliphatic heterocycles. The van der Waals surface area contributed by atoms with E-state index in [2.05, 4.69) is 41.0 Å². The van der Waals surface area contributed by atoms with Gasteiger partial charge >= 0.3 is 6.03 Å². The number of amides is 2. The van der Waals surface area contributed by atoms with E-state index in [1.165, 1.54) is 11.3 Å². The lowest BCUT2D eigenvalue weighted by atomic mass is 10.0. The molecular weight excluding hydrogens is 388 g/mol. The van der Waals surface area contributed by atoms with Crippen molar-refractivity contribution in [3.8, 4) is 0 Å². The molecule has 6 nitrogen and oxygen atoms in total. The molecule has 2 aromatic rings. The summed E-state index contributed by atoms with van der Waals surface area (Å²) >= 11 is 0. The van der Waals surface area contributed by atoms with Crippen molar-refractivity contribution in [3.05, 3.63) is 59.2 Å². The van der Waals surface area contributed by atoms with Crippen molar-refractivity contribution in [2.24, 2.45) is 0 Å². The lowest BCUT2D eigenvalue weighted by Crippen LogP contribution is -2.46. The van der Waals surface area contributed by atoms with E-state index in [4.69, 9.17) is 0 Å². The van der Waals surface area contributed by atoms with Crippen LogP contribution in [0.15, 0.2) is 42.5 Å². The highest BCUT2D eigenvalue weighted by atomic mass is 16.2. The zero-order chi connectivity index (χ0) is 22.0. The first-order chi connectivity index (χ1) is 14.9. The molecule has 2 amide bonds. The standard InChI is InChI=1S/C25H32N4O2/c1-19-5-4-6-22(17-19)28-15-13-27(14-16-28)11-10-24(30)21-7-8-23-20(18-21)9-12-29(23)25(31)26(2)3/h4-8,17-18H,9-16H2,1-3H3. The molecule has 4 rings (SSSR count). The first kappa shape index (κ1) is 21.4. The lowest BCUT2D eigenvalue weighted by molar-refractivity contribution is 0.0962. The molecule has 0 aromatic heterocycles. The zero-order valence-electron chi connectivity index (χ0n) is 18.8. The number of fused-ring (bicyclic) bond motifs is 1. The number of carbonyl (C=O) groups excluding carboxylic acids is 2. The summed E-state index contributed by atoms with van der Waals surface area (Å²) in [5.41, 5.74) is 5.36. The van der Waals surface area contributed by atoms with Crippen LogP contribution in [0, 0.1) is 6.92 Å². The minimum absolute atomic E-state index is 0.0115. The van der Waals surface area contributed by atoms with Gasteiger partial charge in [0.2, 0.25) is 0 Å². The van der Waals surface area contributed by atoms with E-state index >= 15 is 0 Å². The number of rotatable bonds is 5. The van der Waals surface area contributed by atoms with Gasteiger partial charge in [0.1, 0.15) is 0 Å². The van der Waals surface area contributed by atoms with Crippen molar-refractivity contribution in [2.45, 2.75) is 19.8 Å². The van der Waals surface area contributed by atoms with Gasteiger partial charge in [0.15, 0.2) is 5.78 Å². The maximum atomic E-state index is 12.8. The number of piperazine rings is 1. The molecule has 0 bridgehead atoms. The van der Waals surface area contributed by atoms with Crippen LogP contribution in [0.25, 0.3) is 0 Å². The molecule has 0 spiro atoms. The summed E-state index contributed by atoms with van der Waals surface area (Å²) in [7, 11) is 3.53. The van der Waals surface area contributed by atoms with Crippen molar-refractivity contribution in [1.82, 2.24) is 9.80 Å². The van der Waals surface area contributed by atoms with Crippen LogP contribution in [0.3, 0.4) is 0 Å². The Bertz CT molecular complexity index is 964. The number of hydrogen-bond donors (Lipinski definition) is 0. The number of aryl methyl sites for hydroxylation is 1. The summed E-state index contributed by atoms with van der Waals surface area (Å²) in [6, 6.07) is 14.4. The number of carbonyl (C=O) groups is 2. The minimum atomic E-state index is -0.0115. The third kappa shape index (κ3) is 4.74. The van der Waals surface area contributed by atoms with Gasteiger partial charge in [0.05, 0.1) is 0 Å². The predicted molar refractivity (Wildman–Crippen MR) is 125 cm³/mol. The number of urea groups is 1. The van der Waals surface area contributed by atoms with Crippen molar-refractivity contribution in [3.63, 3.8) is 0 Å². The number of benzene rings is 2. The Hall–Kier alpha value is -2.86. The summed E-state index contributed by atoms with van der Waals surface area (Å²) in [6.07, 6.45) is 1.33. The molecule has 6 heteroatoms. The van der Waals surface area contributed by atoms with Crippen LogP contribution in [-0.2, 0) is 6.42 Å². The monoisotopic (exact) mass is 420 g/mol. The molecule has 31 heavy (non-hydrogen) atoms. The molecule has 164 valence electrons. The van der Waals surface area contributed by atoms with Gasteiger partial charge in [-0.15, -0.1) is 0 Å². The maximum absolute atomic E-state index is 12.8. The van der Waals surface area contributed by atoms with E-state index in [9.17, 15) is 9.59 Å². The number of nitrogens with zero attached hydrogens (tertiary/aromatic N) is 4. The zero-order valence-corrected chi connectivity index (χ0v) is 18.8. The summed E-state index contributed by atoms with van der Waals surface area (Å²) < 4.78 is 0. The summed E-state index contributed by atoms with van der Waals surface area (Å²) in [6.45, 7) is 7.54. The van der Waals surface area contributed by atoms with Crippen LogP contribution >= 0.6 is 0 Å². The third-order valence-corrected chi connectivity index (χ3v) is 6.30. The first-order valence-corrected chi connectivity index (χ1v) is 11.1. The van der Waals surface area contributed by atoms with Gasteiger partial charge in [-0.05, 0) is 54.8 Å². The normalized spacial score (nSPS) is 16.4. The predicted octanol–water partition coefficient (Wildman–Crippen LogP) is 3.43. The van der Waals surface area contributed by atoms with E-state index in [1.807, 2.05) is 18.2 Å². The van der Waals surface area contributed by atoms with Gasteiger partial charge in [-0.25, -0.2) is 4.79 Å². The average molecular weight is 421 g/mol. The minimum Gasteiger partial charge on any atom is -0.369 e. The van der Waals surface area contributed by atoms with Crippen LogP contribution in [-0.4, -0.2) is 75.0 Å². The second kappa shape index (κ2) is 9.10. The van der Waals surface area contributed by atoms with Crippen LogP contribution in [0.2, 0.25) is 0 Å². The molecule has 0 aliphatic carbocycles. The Labute approximate surface area is 185 Å². The highest BCUT2D eigenvalue weighted by molar-refractivity contribution is 5.99. The van der Waals surface area contributed by atoms with E-state index in [-0.39, 0.29) is 11.8 Å². The molecule has 0 N–H and O–H groups in total. The fourth-order valence-electron chi connectivity index (χ4n) is 4.47. The summed E-state index contributed by atoms with van der Waals surface area (Å²) in [5, 5.41) is 0. The molecule has 2 heterocycles. The number of hydrogen-bond acceptors (Lipinski definition) is 4. The van der Waals surface area contributed by atoms with Crippen LogP contribution in [0.5, 0.6) is 0 Å². The fraction of sp³-hybridized carbons (Fsp3) is 0.440. The summed E-state index contributed by atoms with van der Waals surface area (Å²) in [4.78, 5) is 33.3. The Morgan fingerprint density at radius 1 is 0.968 bits per heavy atom. The number of Topliss-reactive ketones (excluding diaryl/α,β-unsaturated/α-hetero) is 1. The van der Waals surface area contributed by atoms with Gasteiger partial charge < -0.3 is 9.80 Å². The Morgan fingerprint density at radius 2 is 1.74 bits per heavy atom. The number of anilines is 2. The molecule has 0 saturated carbocycles. The average Bonchev–Trinajstić information content (AvgIpc) is 3.20. The van der Waals surface area contributed by atoms with Crippen molar-refractivity contribution in [1.29, 1.82) is 0 Å². The van der Waals surface area contributed by atoms with Gasteiger partial charge in [-0.3, -0.25) is 14.6 Å². The Kier molecular flexibility index (Phi) is 6.28. The second-order valence-electron chi connectivity index (χ2n) is 8.76. The molecule has 2 aromatic carbocycles. The Morgan fingerprint density at radius 3 is 2.45 bits per heavy atom. The highest BCUT2D eigenvalue weighted by Crippen LogP contribution is 2.30. The Balaban J connectivity index is 1.30. The molecule has 1 saturated heterocycles. The van der Waals surface area contributed by atoms with Crippen molar-refractivity contribution >= 4 is 23.2 Å². The lowest BCUT2D eigenvalue weighted by Gasteiger charge is -2.36. The van der Waals surface area contributed by atoms with Crippen molar-refractivity contribution < 1.29 is 9.59 Å². The van der Waals surface area contributed by atoms with E-state index < -0.39 is 0 Å². The van der Waals surface area contributed by atoms with Crippen LogP contribution in [0.4, 0.5) is 16.2 Å². The van der Waals surface area contributed by atoms with Gasteiger partial charge in [-0.2, -0.15) is 0 Å². The van der Waals surface area contributed by atoms with Crippen molar-refractivity contribution in [2.75, 3.05) is 63.2 Å². The quantitative estimate of drug-likeness (QED) is 0.696. The SMILES string of the molecule is Cc1cccc(N2CCN(CCC(=O)c3ccc4c(c3)CCN4C(=O)N(C)C)CC2)c1.